The number of nitrogens with one attached hydrogen (secondary N) is 1. The van der Waals surface area contributed by atoms with Crippen molar-refractivity contribution in [2.45, 2.75) is 353 Å². The molecule has 0 aliphatic rings. The Bertz CT molecular complexity index is 1080. The van der Waals surface area contributed by atoms with Gasteiger partial charge in [-0.3, -0.25) is 9.59 Å². The van der Waals surface area contributed by atoms with Gasteiger partial charge in [-0.05, 0) is 57.8 Å². The summed E-state index contributed by atoms with van der Waals surface area (Å²) in [5.74, 6) is -0.0628. The van der Waals surface area contributed by atoms with E-state index in [1.165, 1.54) is 270 Å². The van der Waals surface area contributed by atoms with Crippen molar-refractivity contribution in [3.63, 3.8) is 0 Å². The van der Waals surface area contributed by atoms with E-state index in [9.17, 15) is 19.8 Å². The van der Waals surface area contributed by atoms with Gasteiger partial charge < -0.3 is 20.3 Å². The van der Waals surface area contributed by atoms with Gasteiger partial charge in [-0.1, -0.05) is 295 Å². The van der Waals surface area contributed by atoms with Crippen molar-refractivity contribution >= 4 is 11.9 Å². The summed E-state index contributed by atoms with van der Waals surface area (Å²) in [6, 6.07) is -0.633. The van der Waals surface area contributed by atoms with Crippen molar-refractivity contribution in [2.24, 2.45) is 0 Å². The van der Waals surface area contributed by atoms with Crippen LogP contribution in [0.3, 0.4) is 0 Å². The first-order valence-corrected chi connectivity index (χ1v) is 31.1. The molecule has 0 aromatic heterocycles. The average Bonchev–Trinajstić information content (AvgIpc) is 3.35. The number of carbonyl (C=O) groups excluding carboxylic acids is 2. The summed E-state index contributed by atoms with van der Waals surface area (Å²) in [7, 11) is 0. The summed E-state index contributed by atoms with van der Waals surface area (Å²) >= 11 is 0. The maximum Gasteiger partial charge on any atom is 0.305 e. The second kappa shape index (κ2) is 58.9. The normalized spacial score (nSPS) is 12.7. The molecular formula is C63H121NO5. The van der Waals surface area contributed by atoms with Crippen LogP contribution in [-0.4, -0.2) is 47.4 Å². The van der Waals surface area contributed by atoms with E-state index >= 15 is 0 Å². The maximum atomic E-state index is 12.5. The average molecular weight is 973 g/mol. The number of unbranched alkanes of at least 4 members (excludes halogenated alkanes) is 45. The molecule has 2 unspecified atom stereocenters. The smallest absolute Gasteiger partial charge is 0.305 e. The highest BCUT2D eigenvalue weighted by atomic mass is 16.5. The predicted octanol–water partition coefficient (Wildman–Crippen LogP) is 19.4. The molecule has 408 valence electrons. The molecule has 0 saturated carbocycles. The maximum absolute atomic E-state index is 12.5. The summed E-state index contributed by atoms with van der Waals surface area (Å²) in [5.41, 5.74) is 0. The van der Waals surface area contributed by atoms with E-state index < -0.39 is 12.1 Å². The van der Waals surface area contributed by atoms with Crippen LogP contribution in [0.1, 0.15) is 341 Å². The van der Waals surface area contributed by atoms with E-state index in [2.05, 4.69) is 31.3 Å². The molecular weight excluding hydrogens is 851 g/mol. The molecule has 0 spiro atoms. The lowest BCUT2D eigenvalue weighted by molar-refractivity contribution is -0.143. The standard InChI is InChI=1S/C63H121NO5/c1-3-5-7-9-11-13-15-17-19-29-33-37-41-45-49-53-57-63(68)69-58-54-50-46-42-38-34-30-26-24-22-20-21-23-25-28-32-36-40-44-48-52-56-62(67)64-60(59-65)61(66)55-51-47-43-39-35-31-27-18-16-14-12-10-8-6-4-2/h21,23,51,55,60-61,65-66H,3-20,22,24-50,52-54,56-59H2,1-2H3,(H,64,67)/b23-21-,55-51+. The van der Waals surface area contributed by atoms with Crippen LogP contribution in [-0.2, 0) is 14.3 Å². The van der Waals surface area contributed by atoms with Gasteiger partial charge in [0.1, 0.15) is 0 Å². The number of amides is 1. The molecule has 0 aliphatic heterocycles. The minimum Gasteiger partial charge on any atom is -0.466 e. The van der Waals surface area contributed by atoms with E-state index in [0.717, 1.165) is 44.9 Å². The Morgan fingerprint density at radius 3 is 1.03 bits per heavy atom. The van der Waals surface area contributed by atoms with Crippen LogP contribution >= 0.6 is 0 Å². The van der Waals surface area contributed by atoms with Gasteiger partial charge in [-0.2, -0.15) is 0 Å². The van der Waals surface area contributed by atoms with Crippen molar-refractivity contribution < 1.29 is 24.5 Å². The number of rotatable bonds is 58. The highest BCUT2D eigenvalue weighted by Gasteiger charge is 2.18. The molecule has 1 amide bonds. The topological polar surface area (TPSA) is 95.9 Å². The second-order valence-corrected chi connectivity index (χ2v) is 21.4. The van der Waals surface area contributed by atoms with Crippen LogP contribution in [0.4, 0.5) is 0 Å². The summed E-state index contributed by atoms with van der Waals surface area (Å²) < 4.78 is 5.49. The van der Waals surface area contributed by atoms with E-state index in [1.807, 2.05) is 6.08 Å². The SMILES string of the molecule is CCCCCCCCCCCCCCC/C=C/C(O)C(CO)NC(=O)CCCCCCCCC/C=C\CCCCCCCCCCCCOC(=O)CCCCCCCCCCCCCCCCCC. The molecule has 0 aromatic carbocycles. The first-order valence-electron chi connectivity index (χ1n) is 31.1. The Morgan fingerprint density at radius 1 is 0.391 bits per heavy atom. The first-order chi connectivity index (χ1) is 34.0. The van der Waals surface area contributed by atoms with Gasteiger partial charge in [-0.15, -0.1) is 0 Å². The van der Waals surface area contributed by atoms with Crippen LogP contribution < -0.4 is 5.32 Å². The fraction of sp³-hybridized carbons (Fsp3) is 0.905. The third-order valence-corrected chi connectivity index (χ3v) is 14.5. The summed E-state index contributed by atoms with van der Waals surface area (Å²) in [4.78, 5) is 24.5. The van der Waals surface area contributed by atoms with Gasteiger partial charge in [0.15, 0.2) is 0 Å². The number of aliphatic hydroxyl groups is 2. The Labute approximate surface area is 431 Å². The van der Waals surface area contributed by atoms with Crippen LogP contribution in [0.15, 0.2) is 24.3 Å². The van der Waals surface area contributed by atoms with Crippen molar-refractivity contribution in [2.75, 3.05) is 13.2 Å². The van der Waals surface area contributed by atoms with Crippen molar-refractivity contribution in [1.82, 2.24) is 5.32 Å². The van der Waals surface area contributed by atoms with Crippen LogP contribution in [0.25, 0.3) is 0 Å². The monoisotopic (exact) mass is 972 g/mol. The van der Waals surface area contributed by atoms with Gasteiger partial charge >= 0.3 is 5.97 Å². The quantitative estimate of drug-likeness (QED) is 0.0321. The number of hydrogen-bond donors (Lipinski definition) is 3. The molecule has 0 bridgehead atoms. The Hall–Kier alpha value is -1.66. The number of aliphatic hydroxyl groups excluding tert-OH is 2. The molecule has 0 aromatic rings. The highest BCUT2D eigenvalue weighted by molar-refractivity contribution is 5.76. The number of ether oxygens (including phenoxy) is 1. The molecule has 6 heteroatoms. The van der Waals surface area contributed by atoms with Crippen molar-refractivity contribution in [3.05, 3.63) is 24.3 Å². The van der Waals surface area contributed by atoms with Gasteiger partial charge in [-0.25, -0.2) is 0 Å². The molecule has 0 saturated heterocycles. The molecule has 0 heterocycles. The Kier molecular flexibility index (Phi) is 57.5. The van der Waals surface area contributed by atoms with E-state index in [-0.39, 0.29) is 18.5 Å². The van der Waals surface area contributed by atoms with Crippen molar-refractivity contribution in [1.29, 1.82) is 0 Å². The molecule has 0 fully saturated rings. The fourth-order valence-corrected chi connectivity index (χ4v) is 9.69. The third kappa shape index (κ3) is 55.5. The largest absolute Gasteiger partial charge is 0.466 e. The first kappa shape index (κ1) is 67.3. The minimum absolute atomic E-state index is 0.0114. The number of hydrogen-bond acceptors (Lipinski definition) is 5. The lowest BCUT2D eigenvalue weighted by Crippen LogP contribution is -2.45. The zero-order valence-corrected chi connectivity index (χ0v) is 46.6. The summed E-state index contributed by atoms with van der Waals surface area (Å²) in [6.45, 7) is 4.92. The van der Waals surface area contributed by atoms with Gasteiger partial charge in [0, 0.05) is 12.8 Å². The van der Waals surface area contributed by atoms with E-state index in [4.69, 9.17) is 4.74 Å². The fourth-order valence-electron chi connectivity index (χ4n) is 9.69. The number of carbonyl (C=O) groups is 2. The number of allylic oxidation sites excluding steroid dienone is 3. The zero-order valence-electron chi connectivity index (χ0n) is 46.6. The Morgan fingerprint density at radius 2 is 0.681 bits per heavy atom. The van der Waals surface area contributed by atoms with Gasteiger partial charge in [0.05, 0.1) is 25.4 Å². The van der Waals surface area contributed by atoms with Crippen LogP contribution in [0.5, 0.6) is 0 Å². The number of esters is 1. The molecule has 0 radical (unpaired) electrons. The molecule has 6 nitrogen and oxygen atoms in total. The molecule has 3 N–H and O–H groups in total. The molecule has 0 aliphatic carbocycles. The molecule has 2 atom stereocenters. The lowest BCUT2D eigenvalue weighted by atomic mass is 10.0. The van der Waals surface area contributed by atoms with Crippen LogP contribution in [0, 0.1) is 0 Å². The van der Waals surface area contributed by atoms with E-state index in [1.54, 1.807) is 6.08 Å². The summed E-state index contributed by atoms with van der Waals surface area (Å²) in [5, 5.41) is 23.1. The zero-order chi connectivity index (χ0) is 50.0. The predicted molar refractivity (Wildman–Crippen MR) is 301 cm³/mol. The molecule has 0 rings (SSSR count). The second-order valence-electron chi connectivity index (χ2n) is 21.4. The lowest BCUT2D eigenvalue weighted by Gasteiger charge is -2.20. The summed E-state index contributed by atoms with van der Waals surface area (Å²) in [6.07, 6.45) is 72.1. The van der Waals surface area contributed by atoms with Crippen molar-refractivity contribution in [3.8, 4) is 0 Å². The minimum atomic E-state index is -0.849. The third-order valence-electron chi connectivity index (χ3n) is 14.5. The highest BCUT2D eigenvalue weighted by Crippen LogP contribution is 2.17. The van der Waals surface area contributed by atoms with Gasteiger partial charge in [0.25, 0.3) is 0 Å². The van der Waals surface area contributed by atoms with Crippen LogP contribution in [0.2, 0.25) is 0 Å². The van der Waals surface area contributed by atoms with Gasteiger partial charge in [0.2, 0.25) is 5.91 Å². The molecule has 69 heavy (non-hydrogen) atoms. The Balaban J connectivity index is 3.43. The van der Waals surface area contributed by atoms with E-state index in [0.29, 0.717) is 19.4 Å².